The molecule has 2 aromatic rings. The first kappa shape index (κ1) is 15.2. The number of H-pyrrole nitrogens is 1. The molecular weight excluding hydrogens is 298 g/mol. The van der Waals surface area contributed by atoms with Gasteiger partial charge in [0.1, 0.15) is 0 Å². The molecule has 2 heterocycles. The summed E-state index contributed by atoms with van der Waals surface area (Å²) in [4.78, 5) is 0.428. The smallest absolute Gasteiger partial charge is 0.243 e. The Bertz CT molecular complexity index is 755. The second kappa shape index (κ2) is 5.85. The van der Waals surface area contributed by atoms with Crippen LogP contribution in [0.1, 0.15) is 35.4 Å². The fraction of sp³-hybridized carbons (Fsp3) is 0.438. The largest absolute Gasteiger partial charge is 0.282 e. The number of aromatic nitrogens is 2. The highest BCUT2D eigenvalue weighted by atomic mass is 32.2. The zero-order valence-corrected chi connectivity index (χ0v) is 13.8. The van der Waals surface area contributed by atoms with Gasteiger partial charge in [0, 0.05) is 30.8 Å². The van der Waals surface area contributed by atoms with Crippen LogP contribution in [0.2, 0.25) is 0 Å². The molecule has 0 atom stereocenters. The first-order valence-electron chi connectivity index (χ1n) is 7.58. The molecule has 1 saturated heterocycles. The number of hydrogen-bond donors (Lipinski definition) is 1. The van der Waals surface area contributed by atoms with E-state index >= 15 is 0 Å². The summed E-state index contributed by atoms with van der Waals surface area (Å²) in [7, 11) is -3.40. The molecule has 1 aliphatic rings. The van der Waals surface area contributed by atoms with Crippen molar-refractivity contribution < 1.29 is 8.42 Å². The van der Waals surface area contributed by atoms with Gasteiger partial charge in [-0.15, -0.1) is 0 Å². The molecule has 1 aromatic heterocycles. The third-order valence-electron chi connectivity index (χ3n) is 4.30. The molecular formula is C16H21N3O2S. The fourth-order valence-electron chi connectivity index (χ4n) is 2.99. The second-order valence-corrected chi connectivity index (χ2v) is 7.71. The zero-order valence-electron chi connectivity index (χ0n) is 13.0. The predicted octanol–water partition coefficient (Wildman–Crippen LogP) is 2.40. The fourth-order valence-corrected chi connectivity index (χ4v) is 4.73. The Labute approximate surface area is 131 Å². The predicted molar refractivity (Wildman–Crippen MR) is 85.3 cm³/mol. The van der Waals surface area contributed by atoms with Crippen molar-refractivity contribution in [3.8, 4) is 0 Å². The normalized spacial score (nSPS) is 16.3. The van der Waals surface area contributed by atoms with E-state index in [9.17, 15) is 8.42 Å². The Morgan fingerprint density at radius 1 is 1.18 bits per heavy atom. The minimum Gasteiger partial charge on any atom is -0.282 e. The van der Waals surface area contributed by atoms with E-state index in [0.717, 1.165) is 35.4 Å². The van der Waals surface area contributed by atoms with Crippen LogP contribution in [-0.2, 0) is 16.4 Å². The van der Waals surface area contributed by atoms with Gasteiger partial charge in [-0.05, 0) is 38.3 Å². The minimum atomic E-state index is -3.40. The number of rotatable bonds is 4. The van der Waals surface area contributed by atoms with Crippen LogP contribution < -0.4 is 0 Å². The third kappa shape index (κ3) is 2.68. The number of benzene rings is 1. The molecule has 0 unspecified atom stereocenters. The summed E-state index contributed by atoms with van der Waals surface area (Å²) in [6, 6.07) is 7.30. The Morgan fingerprint density at radius 2 is 1.86 bits per heavy atom. The van der Waals surface area contributed by atoms with Crippen LogP contribution in [-0.4, -0.2) is 36.0 Å². The van der Waals surface area contributed by atoms with E-state index in [0.29, 0.717) is 24.4 Å². The summed E-state index contributed by atoms with van der Waals surface area (Å²) in [6.45, 7) is 5.16. The Balaban J connectivity index is 2.00. The standard InChI is InChI=1S/C16H21N3O2S/c1-12-15(13(2)18-17-12)11-14-7-3-4-8-16(14)22(20,21)19-9-5-6-10-19/h3-4,7-8H,5-6,9-11H2,1-2H3,(H,17,18). The lowest BCUT2D eigenvalue weighted by atomic mass is 10.0. The molecule has 3 rings (SSSR count). The summed E-state index contributed by atoms with van der Waals surface area (Å²) in [5, 5.41) is 7.16. The first-order valence-corrected chi connectivity index (χ1v) is 9.02. The molecule has 118 valence electrons. The lowest BCUT2D eigenvalue weighted by molar-refractivity contribution is 0.477. The lowest BCUT2D eigenvalue weighted by Gasteiger charge is -2.18. The van der Waals surface area contributed by atoms with Crippen molar-refractivity contribution in [2.45, 2.75) is 38.0 Å². The summed E-state index contributed by atoms with van der Waals surface area (Å²) in [5.41, 5.74) is 3.82. The van der Waals surface area contributed by atoms with Crippen LogP contribution in [0.15, 0.2) is 29.2 Å². The van der Waals surface area contributed by atoms with E-state index < -0.39 is 10.0 Å². The van der Waals surface area contributed by atoms with Gasteiger partial charge < -0.3 is 0 Å². The molecule has 1 aromatic carbocycles. The number of nitrogens with one attached hydrogen (secondary N) is 1. The molecule has 22 heavy (non-hydrogen) atoms. The van der Waals surface area contributed by atoms with Crippen LogP contribution in [0.4, 0.5) is 0 Å². The molecule has 0 radical (unpaired) electrons. The number of aryl methyl sites for hydroxylation is 2. The summed E-state index contributed by atoms with van der Waals surface area (Å²) in [6.07, 6.45) is 2.47. The topological polar surface area (TPSA) is 66.1 Å². The van der Waals surface area contributed by atoms with Crippen LogP contribution in [0.25, 0.3) is 0 Å². The summed E-state index contributed by atoms with van der Waals surface area (Å²) >= 11 is 0. The molecule has 0 spiro atoms. The van der Waals surface area contributed by atoms with Crippen molar-refractivity contribution in [1.82, 2.24) is 14.5 Å². The van der Waals surface area contributed by atoms with E-state index in [1.54, 1.807) is 16.4 Å². The molecule has 0 bridgehead atoms. The van der Waals surface area contributed by atoms with Gasteiger partial charge in [-0.3, -0.25) is 5.10 Å². The molecule has 1 N–H and O–H groups in total. The van der Waals surface area contributed by atoms with E-state index in [1.165, 1.54) is 0 Å². The van der Waals surface area contributed by atoms with Crippen LogP contribution in [0.5, 0.6) is 0 Å². The number of sulfonamides is 1. The lowest BCUT2D eigenvalue weighted by Crippen LogP contribution is -2.28. The third-order valence-corrected chi connectivity index (χ3v) is 6.30. The van der Waals surface area contributed by atoms with E-state index in [1.807, 2.05) is 26.0 Å². The van der Waals surface area contributed by atoms with E-state index in [-0.39, 0.29) is 0 Å². The molecule has 1 aliphatic heterocycles. The quantitative estimate of drug-likeness (QED) is 0.941. The van der Waals surface area contributed by atoms with Crippen LogP contribution in [0.3, 0.4) is 0 Å². The first-order chi connectivity index (χ1) is 10.5. The van der Waals surface area contributed by atoms with Crippen molar-refractivity contribution in [2.24, 2.45) is 0 Å². The van der Waals surface area contributed by atoms with Crippen molar-refractivity contribution in [3.05, 3.63) is 46.8 Å². The zero-order chi connectivity index (χ0) is 15.7. The molecule has 6 heteroatoms. The maximum absolute atomic E-state index is 12.9. The van der Waals surface area contributed by atoms with Crippen LogP contribution in [0, 0.1) is 13.8 Å². The van der Waals surface area contributed by atoms with Gasteiger partial charge >= 0.3 is 0 Å². The van der Waals surface area contributed by atoms with Gasteiger partial charge in [0.05, 0.1) is 10.6 Å². The minimum absolute atomic E-state index is 0.428. The van der Waals surface area contributed by atoms with Gasteiger partial charge in [-0.2, -0.15) is 9.40 Å². The Morgan fingerprint density at radius 3 is 2.50 bits per heavy atom. The second-order valence-electron chi connectivity index (χ2n) is 5.81. The SMILES string of the molecule is Cc1n[nH]c(C)c1Cc1ccccc1S(=O)(=O)N1CCCC1. The molecule has 0 saturated carbocycles. The van der Waals surface area contributed by atoms with Crippen LogP contribution >= 0.6 is 0 Å². The molecule has 0 aliphatic carbocycles. The van der Waals surface area contributed by atoms with Crippen molar-refractivity contribution in [2.75, 3.05) is 13.1 Å². The van der Waals surface area contributed by atoms with Gasteiger partial charge in [0.15, 0.2) is 0 Å². The van der Waals surface area contributed by atoms with Gasteiger partial charge in [0.2, 0.25) is 10.0 Å². The molecule has 5 nitrogen and oxygen atoms in total. The van der Waals surface area contributed by atoms with Gasteiger partial charge in [-0.25, -0.2) is 8.42 Å². The average molecular weight is 319 g/mol. The number of hydrogen-bond acceptors (Lipinski definition) is 3. The summed E-state index contributed by atoms with van der Waals surface area (Å²) < 4.78 is 27.3. The van der Waals surface area contributed by atoms with E-state index in [4.69, 9.17) is 0 Å². The molecule has 1 fully saturated rings. The van der Waals surface area contributed by atoms with Crippen molar-refractivity contribution in [3.63, 3.8) is 0 Å². The number of nitrogens with zero attached hydrogens (tertiary/aromatic N) is 2. The van der Waals surface area contributed by atoms with Crippen molar-refractivity contribution in [1.29, 1.82) is 0 Å². The van der Waals surface area contributed by atoms with E-state index in [2.05, 4.69) is 10.2 Å². The average Bonchev–Trinajstić information content (AvgIpc) is 3.14. The maximum atomic E-state index is 12.9. The summed E-state index contributed by atoms with van der Waals surface area (Å²) in [5.74, 6) is 0. The van der Waals surface area contributed by atoms with Gasteiger partial charge in [-0.1, -0.05) is 18.2 Å². The number of aromatic amines is 1. The maximum Gasteiger partial charge on any atom is 0.243 e. The van der Waals surface area contributed by atoms with Crippen molar-refractivity contribution >= 4 is 10.0 Å². The molecule has 0 amide bonds. The highest BCUT2D eigenvalue weighted by Crippen LogP contribution is 2.26. The highest BCUT2D eigenvalue weighted by molar-refractivity contribution is 7.89. The Kier molecular flexibility index (Phi) is 4.06. The Hall–Kier alpha value is -1.66. The van der Waals surface area contributed by atoms with Gasteiger partial charge in [0.25, 0.3) is 0 Å². The highest BCUT2D eigenvalue weighted by Gasteiger charge is 2.29. The monoisotopic (exact) mass is 319 g/mol.